The largest absolute Gasteiger partial charge is 0.340 e. The number of piperazine rings is 1. The topological polar surface area (TPSA) is 76.0 Å². The molecule has 1 aromatic rings. The van der Waals surface area contributed by atoms with Gasteiger partial charge in [0.15, 0.2) is 5.16 Å². The molecule has 1 atom stereocenters. The Hall–Kier alpha value is -1.52. The van der Waals surface area contributed by atoms with E-state index in [1.807, 2.05) is 4.90 Å². The van der Waals surface area contributed by atoms with Crippen molar-refractivity contribution < 1.29 is 4.79 Å². The van der Waals surface area contributed by atoms with Crippen LogP contribution in [0, 0.1) is 17.2 Å². The molecule has 1 amide bonds. The number of nitrogens with zero attached hydrogens (tertiary/aromatic N) is 4. The Balaban J connectivity index is 1.78. The summed E-state index contributed by atoms with van der Waals surface area (Å²) >= 11 is 1.42. The zero-order chi connectivity index (χ0) is 15.2. The van der Waals surface area contributed by atoms with E-state index in [4.69, 9.17) is 0 Å². The predicted molar refractivity (Wildman–Crippen MR) is 81.7 cm³/mol. The van der Waals surface area contributed by atoms with Crippen LogP contribution in [0.5, 0.6) is 0 Å². The summed E-state index contributed by atoms with van der Waals surface area (Å²) in [4.78, 5) is 23.3. The first-order valence-electron chi connectivity index (χ1n) is 7.15. The summed E-state index contributed by atoms with van der Waals surface area (Å²) in [5.41, 5.74) is 0. The summed E-state index contributed by atoms with van der Waals surface area (Å²) in [6, 6.07) is 2.31. The molecule has 21 heavy (non-hydrogen) atoms. The van der Waals surface area contributed by atoms with Crippen LogP contribution in [-0.4, -0.2) is 63.6 Å². The van der Waals surface area contributed by atoms with Gasteiger partial charge in [0.05, 0.1) is 11.8 Å². The van der Waals surface area contributed by atoms with Gasteiger partial charge in [0, 0.05) is 38.6 Å². The zero-order valence-corrected chi connectivity index (χ0v) is 13.3. The van der Waals surface area contributed by atoms with Crippen molar-refractivity contribution in [2.45, 2.75) is 25.0 Å². The van der Waals surface area contributed by atoms with Crippen LogP contribution in [0.2, 0.25) is 0 Å². The molecule has 114 valence electrons. The van der Waals surface area contributed by atoms with Crippen molar-refractivity contribution in [3.63, 3.8) is 0 Å². The van der Waals surface area contributed by atoms with Crippen molar-refractivity contribution in [3.8, 4) is 6.07 Å². The summed E-state index contributed by atoms with van der Waals surface area (Å²) in [6.07, 6.45) is 3.43. The average molecular weight is 307 g/mol. The average Bonchev–Trinajstić information content (AvgIpc) is 2.99. The molecular weight excluding hydrogens is 286 g/mol. The van der Waals surface area contributed by atoms with Crippen LogP contribution in [0.1, 0.15) is 13.8 Å². The molecule has 7 heteroatoms. The van der Waals surface area contributed by atoms with Crippen molar-refractivity contribution in [1.82, 2.24) is 19.8 Å². The van der Waals surface area contributed by atoms with Crippen LogP contribution in [0.3, 0.4) is 0 Å². The van der Waals surface area contributed by atoms with Gasteiger partial charge in [0.2, 0.25) is 5.91 Å². The maximum absolute atomic E-state index is 12.2. The Kier molecular flexibility index (Phi) is 5.65. The normalized spacial score (nSPS) is 17.7. The van der Waals surface area contributed by atoms with Crippen molar-refractivity contribution in [3.05, 3.63) is 12.4 Å². The summed E-state index contributed by atoms with van der Waals surface area (Å²) in [7, 11) is 0. The van der Waals surface area contributed by atoms with E-state index in [0.717, 1.165) is 18.2 Å². The molecule has 1 aliphatic heterocycles. The summed E-state index contributed by atoms with van der Waals surface area (Å²) < 4.78 is 0. The minimum absolute atomic E-state index is 0.0558. The molecule has 0 spiro atoms. The highest BCUT2D eigenvalue weighted by molar-refractivity contribution is 7.99. The van der Waals surface area contributed by atoms with Crippen LogP contribution in [-0.2, 0) is 4.79 Å². The van der Waals surface area contributed by atoms with Gasteiger partial charge in [-0.25, -0.2) is 4.98 Å². The second-order valence-corrected chi connectivity index (χ2v) is 6.38. The number of H-pyrrole nitrogens is 1. The third kappa shape index (κ3) is 4.22. The highest BCUT2D eigenvalue weighted by Gasteiger charge is 2.27. The molecule has 0 saturated carbocycles. The van der Waals surface area contributed by atoms with Gasteiger partial charge in [-0.3, -0.25) is 9.69 Å². The number of thioether (sulfide) groups is 1. The Morgan fingerprint density at radius 1 is 1.48 bits per heavy atom. The summed E-state index contributed by atoms with van der Waals surface area (Å²) in [5.74, 6) is 0.847. The maximum atomic E-state index is 12.2. The van der Waals surface area contributed by atoms with Crippen molar-refractivity contribution in [1.29, 1.82) is 5.26 Å². The van der Waals surface area contributed by atoms with Crippen LogP contribution in [0.25, 0.3) is 0 Å². The van der Waals surface area contributed by atoms with E-state index in [0.29, 0.717) is 24.8 Å². The molecule has 0 bridgehead atoms. The fourth-order valence-corrected chi connectivity index (χ4v) is 3.18. The molecular formula is C14H21N5OS. The van der Waals surface area contributed by atoms with Crippen molar-refractivity contribution in [2.75, 3.05) is 31.9 Å². The second kappa shape index (κ2) is 7.48. The molecule has 1 aromatic heterocycles. The Labute approximate surface area is 129 Å². The van der Waals surface area contributed by atoms with Crippen LogP contribution < -0.4 is 0 Å². The van der Waals surface area contributed by atoms with E-state index in [1.54, 1.807) is 12.4 Å². The number of hydrogen-bond donors (Lipinski definition) is 1. The Morgan fingerprint density at radius 2 is 2.19 bits per heavy atom. The van der Waals surface area contributed by atoms with Crippen molar-refractivity contribution in [2.24, 2.45) is 5.92 Å². The fraction of sp³-hybridized carbons (Fsp3) is 0.643. The molecule has 0 aliphatic carbocycles. The molecule has 1 N–H and O–H groups in total. The van der Waals surface area contributed by atoms with E-state index in [9.17, 15) is 10.1 Å². The first-order valence-corrected chi connectivity index (χ1v) is 8.14. The van der Waals surface area contributed by atoms with Gasteiger partial charge in [0.1, 0.15) is 6.04 Å². The van der Waals surface area contributed by atoms with E-state index >= 15 is 0 Å². The summed E-state index contributed by atoms with van der Waals surface area (Å²) in [5, 5.41) is 10.00. The number of nitriles is 1. The molecule has 6 nitrogen and oxygen atoms in total. The lowest BCUT2D eigenvalue weighted by Crippen LogP contribution is -2.53. The first-order chi connectivity index (χ1) is 10.1. The number of aromatic nitrogens is 2. The fourth-order valence-electron chi connectivity index (χ4n) is 2.45. The highest BCUT2D eigenvalue weighted by atomic mass is 32.2. The maximum Gasteiger partial charge on any atom is 0.233 e. The lowest BCUT2D eigenvalue weighted by molar-refractivity contribution is -0.130. The van der Waals surface area contributed by atoms with Gasteiger partial charge < -0.3 is 9.88 Å². The molecule has 2 rings (SSSR count). The van der Waals surface area contributed by atoms with Gasteiger partial charge in [-0.05, 0) is 5.92 Å². The van der Waals surface area contributed by atoms with Gasteiger partial charge in [-0.1, -0.05) is 25.6 Å². The smallest absolute Gasteiger partial charge is 0.233 e. The van der Waals surface area contributed by atoms with Gasteiger partial charge in [-0.2, -0.15) is 5.26 Å². The predicted octanol–water partition coefficient (Wildman–Crippen LogP) is 1.19. The van der Waals surface area contributed by atoms with Gasteiger partial charge >= 0.3 is 0 Å². The van der Waals surface area contributed by atoms with Gasteiger partial charge in [0.25, 0.3) is 0 Å². The van der Waals surface area contributed by atoms with E-state index in [-0.39, 0.29) is 11.9 Å². The SMILES string of the molecule is CC(C)[C@H](C#N)N1CCN(C(=O)CSc2ncc[nH]2)CC1. The summed E-state index contributed by atoms with van der Waals surface area (Å²) in [6.45, 7) is 7.06. The van der Waals surface area contributed by atoms with Crippen LogP contribution in [0.4, 0.5) is 0 Å². The van der Waals surface area contributed by atoms with Crippen molar-refractivity contribution >= 4 is 17.7 Å². The number of hydrogen-bond acceptors (Lipinski definition) is 5. The molecule has 0 aromatic carbocycles. The quantitative estimate of drug-likeness (QED) is 0.827. The monoisotopic (exact) mass is 307 g/mol. The molecule has 1 aliphatic rings. The molecule has 0 unspecified atom stereocenters. The number of carbonyl (C=O) groups is 1. The number of aromatic amines is 1. The number of imidazole rings is 1. The lowest BCUT2D eigenvalue weighted by Gasteiger charge is -2.38. The number of nitrogens with one attached hydrogen (secondary N) is 1. The Bertz CT molecular complexity index is 488. The van der Waals surface area contributed by atoms with Gasteiger partial charge in [-0.15, -0.1) is 0 Å². The van der Waals surface area contributed by atoms with E-state index in [1.165, 1.54) is 11.8 Å². The second-order valence-electron chi connectivity index (χ2n) is 5.42. The minimum atomic E-state index is -0.0558. The number of amides is 1. The van der Waals surface area contributed by atoms with E-state index in [2.05, 4.69) is 34.8 Å². The molecule has 0 radical (unpaired) electrons. The third-order valence-electron chi connectivity index (χ3n) is 3.63. The molecule has 1 fully saturated rings. The minimum Gasteiger partial charge on any atom is -0.340 e. The molecule has 2 heterocycles. The van der Waals surface area contributed by atoms with E-state index < -0.39 is 0 Å². The molecule has 1 saturated heterocycles. The van der Waals surface area contributed by atoms with Crippen LogP contribution >= 0.6 is 11.8 Å². The lowest BCUT2D eigenvalue weighted by atomic mass is 10.0. The number of carbonyl (C=O) groups excluding carboxylic acids is 1. The highest BCUT2D eigenvalue weighted by Crippen LogP contribution is 2.16. The van der Waals surface area contributed by atoms with Crippen LogP contribution in [0.15, 0.2) is 17.6 Å². The third-order valence-corrected chi connectivity index (χ3v) is 4.52. The standard InChI is InChI=1S/C14H21N5OS/c1-11(2)12(9-15)18-5-7-19(8-6-18)13(20)10-21-14-16-3-4-17-14/h3-4,11-12H,5-8,10H2,1-2H3,(H,16,17)/t12-/m0/s1. The zero-order valence-electron chi connectivity index (χ0n) is 12.5. The Morgan fingerprint density at radius 3 is 2.71 bits per heavy atom. The number of rotatable bonds is 5. The first kappa shape index (κ1) is 15.9.